The third-order valence-corrected chi connectivity index (χ3v) is 4.14. The number of hydrogen-bond acceptors (Lipinski definition) is 1. The van der Waals surface area contributed by atoms with E-state index in [-0.39, 0.29) is 5.60 Å². The van der Waals surface area contributed by atoms with E-state index < -0.39 is 0 Å². The average molecular weight is 370 g/mol. The minimum absolute atomic E-state index is 0.306. The minimum atomic E-state index is -0.306. The van der Waals surface area contributed by atoms with Crippen molar-refractivity contribution >= 4 is 23.2 Å². The first-order valence-electron chi connectivity index (χ1n) is 8.09. The smallest absolute Gasteiger partial charge is 0.128 e. The Balaban J connectivity index is 2.22. The van der Waals surface area contributed by atoms with Gasteiger partial charge < -0.3 is 4.74 Å². The average Bonchev–Trinajstić information content (AvgIpc) is 2.55. The fraction of sp³-hybridized carbons (Fsp3) is 0.182. The van der Waals surface area contributed by atoms with Crippen LogP contribution in [0.2, 0.25) is 10.0 Å². The lowest BCUT2D eigenvalue weighted by Gasteiger charge is -2.25. The normalized spacial score (nSPS) is 11.4. The van der Waals surface area contributed by atoms with Crippen LogP contribution in [-0.4, -0.2) is 5.60 Å². The van der Waals surface area contributed by atoms with Crippen LogP contribution < -0.4 is 4.74 Å². The van der Waals surface area contributed by atoms with Crippen molar-refractivity contribution in [3.8, 4) is 28.0 Å². The molecular weight excluding hydrogens is 351 g/mol. The summed E-state index contributed by atoms with van der Waals surface area (Å²) in [5, 5.41) is 1.41. The highest BCUT2D eigenvalue weighted by Crippen LogP contribution is 2.40. The number of rotatable bonds is 3. The predicted molar refractivity (Wildman–Crippen MR) is 107 cm³/mol. The Morgan fingerprint density at radius 3 is 1.80 bits per heavy atom. The van der Waals surface area contributed by atoms with Crippen LogP contribution in [0.5, 0.6) is 5.75 Å². The Morgan fingerprint density at radius 1 is 0.760 bits per heavy atom. The number of halogens is 2. The number of ether oxygens (including phenoxy) is 1. The molecule has 25 heavy (non-hydrogen) atoms. The van der Waals surface area contributed by atoms with Crippen LogP contribution in [0.15, 0.2) is 60.7 Å². The van der Waals surface area contributed by atoms with Gasteiger partial charge in [-0.1, -0.05) is 53.5 Å². The second-order valence-corrected chi connectivity index (χ2v) is 7.69. The van der Waals surface area contributed by atoms with Crippen LogP contribution in [-0.2, 0) is 0 Å². The van der Waals surface area contributed by atoms with E-state index in [9.17, 15) is 0 Å². The molecule has 0 N–H and O–H groups in total. The topological polar surface area (TPSA) is 9.23 Å². The third-order valence-electron chi connectivity index (χ3n) is 3.64. The Labute approximate surface area is 159 Å². The van der Waals surface area contributed by atoms with E-state index in [4.69, 9.17) is 27.9 Å². The maximum Gasteiger partial charge on any atom is 0.128 e. The van der Waals surface area contributed by atoms with E-state index in [1.54, 1.807) is 0 Å². The molecule has 0 spiro atoms. The first-order valence-corrected chi connectivity index (χ1v) is 8.85. The molecule has 0 heterocycles. The highest BCUT2D eigenvalue weighted by molar-refractivity contribution is 6.31. The summed E-state index contributed by atoms with van der Waals surface area (Å²) in [5.41, 5.74) is 3.73. The van der Waals surface area contributed by atoms with E-state index in [0.29, 0.717) is 10.0 Å². The molecular formula is C22H19Cl2O. The Bertz CT molecular complexity index is 860. The van der Waals surface area contributed by atoms with Crippen molar-refractivity contribution in [2.24, 2.45) is 0 Å². The van der Waals surface area contributed by atoms with Crippen LogP contribution in [0.3, 0.4) is 0 Å². The monoisotopic (exact) mass is 369 g/mol. The zero-order chi connectivity index (χ0) is 18.0. The highest BCUT2D eigenvalue weighted by Gasteiger charge is 2.19. The van der Waals surface area contributed by atoms with E-state index in [1.807, 2.05) is 81.4 Å². The van der Waals surface area contributed by atoms with Gasteiger partial charge in [-0.2, -0.15) is 0 Å². The van der Waals surface area contributed by atoms with Gasteiger partial charge in [0.1, 0.15) is 11.4 Å². The molecule has 0 amide bonds. The summed E-state index contributed by atoms with van der Waals surface area (Å²) in [6, 6.07) is 22.7. The van der Waals surface area contributed by atoms with E-state index in [0.717, 1.165) is 28.0 Å². The molecule has 1 nitrogen and oxygen atoms in total. The van der Waals surface area contributed by atoms with Crippen molar-refractivity contribution in [1.29, 1.82) is 0 Å². The second kappa shape index (κ2) is 7.11. The first-order chi connectivity index (χ1) is 11.8. The fourth-order valence-electron chi connectivity index (χ4n) is 2.64. The highest BCUT2D eigenvalue weighted by atomic mass is 35.5. The minimum Gasteiger partial charge on any atom is -0.487 e. The molecule has 3 heteroatoms. The lowest BCUT2D eigenvalue weighted by Crippen LogP contribution is -2.23. The predicted octanol–water partition coefficient (Wildman–Crippen LogP) is 7.30. The molecule has 3 rings (SSSR count). The van der Waals surface area contributed by atoms with Crippen molar-refractivity contribution < 1.29 is 4.74 Å². The van der Waals surface area contributed by atoms with Gasteiger partial charge in [0, 0.05) is 21.2 Å². The van der Waals surface area contributed by atoms with Gasteiger partial charge in [0.05, 0.1) is 0 Å². The molecule has 0 aliphatic rings. The second-order valence-electron chi connectivity index (χ2n) is 6.82. The summed E-state index contributed by atoms with van der Waals surface area (Å²) in [7, 11) is 0. The van der Waals surface area contributed by atoms with Crippen LogP contribution >= 0.6 is 23.2 Å². The van der Waals surface area contributed by atoms with Gasteiger partial charge in [-0.05, 0) is 68.3 Å². The Kier molecular flexibility index (Phi) is 5.08. The molecule has 127 valence electrons. The Morgan fingerprint density at radius 2 is 1.28 bits per heavy atom. The zero-order valence-corrected chi connectivity index (χ0v) is 15.9. The maximum atomic E-state index is 6.22. The quantitative estimate of drug-likeness (QED) is 0.470. The van der Waals surface area contributed by atoms with Gasteiger partial charge in [-0.3, -0.25) is 0 Å². The standard InChI is InChI=1S/C22H19Cl2O/c1-22(2,3)25-20-6-4-5-19(15-7-11-17(23)12-8-15)21(20)16-9-13-18(24)14-10-16/h4,6-14H,1-3H3. The van der Waals surface area contributed by atoms with Gasteiger partial charge >= 0.3 is 0 Å². The van der Waals surface area contributed by atoms with Gasteiger partial charge in [0.2, 0.25) is 0 Å². The SMILES string of the molecule is CC(C)(C)Oc1cc[c]c(-c2ccc(Cl)cc2)c1-c1ccc(Cl)cc1. The summed E-state index contributed by atoms with van der Waals surface area (Å²) in [6.07, 6.45) is 0. The lowest BCUT2D eigenvalue weighted by atomic mass is 9.93. The van der Waals surface area contributed by atoms with E-state index in [2.05, 4.69) is 6.07 Å². The zero-order valence-electron chi connectivity index (χ0n) is 14.4. The summed E-state index contributed by atoms with van der Waals surface area (Å²) >= 11 is 12.1. The molecule has 0 fully saturated rings. The molecule has 0 aliphatic heterocycles. The van der Waals surface area contributed by atoms with E-state index in [1.165, 1.54) is 0 Å². The van der Waals surface area contributed by atoms with Crippen LogP contribution in [0.1, 0.15) is 20.8 Å². The Hall–Kier alpha value is -1.96. The van der Waals surface area contributed by atoms with Gasteiger partial charge in [-0.15, -0.1) is 0 Å². The molecule has 0 aliphatic carbocycles. The molecule has 0 atom stereocenters. The van der Waals surface area contributed by atoms with Crippen LogP contribution in [0.4, 0.5) is 0 Å². The van der Waals surface area contributed by atoms with Crippen molar-refractivity contribution in [3.05, 3.63) is 76.8 Å². The molecule has 0 saturated carbocycles. The summed E-state index contributed by atoms with van der Waals surface area (Å²) < 4.78 is 6.22. The summed E-state index contributed by atoms with van der Waals surface area (Å²) in [4.78, 5) is 0. The van der Waals surface area contributed by atoms with Crippen molar-refractivity contribution in [2.75, 3.05) is 0 Å². The van der Waals surface area contributed by atoms with Crippen molar-refractivity contribution in [1.82, 2.24) is 0 Å². The van der Waals surface area contributed by atoms with Gasteiger partial charge in [0.25, 0.3) is 0 Å². The first kappa shape index (κ1) is 17.8. The number of hydrogen-bond donors (Lipinski definition) is 0. The summed E-state index contributed by atoms with van der Waals surface area (Å²) in [5.74, 6) is 0.818. The number of benzene rings is 3. The van der Waals surface area contributed by atoms with Gasteiger partial charge in [0.15, 0.2) is 0 Å². The molecule has 3 aromatic rings. The maximum absolute atomic E-state index is 6.22. The van der Waals surface area contributed by atoms with Crippen LogP contribution in [0.25, 0.3) is 22.3 Å². The van der Waals surface area contributed by atoms with Crippen LogP contribution in [0, 0.1) is 6.07 Å². The molecule has 1 radical (unpaired) electrons. The fourth-order valence-corrected chi connectivity index (χ4v) is 2.89. The van der Waals surface area contributed by atoms with Crippen molar-refractivity contribution in [3.63, 3.8) is 0 Å². The van der Waals surface area contributed by atoms with Gasteiger partial charge in [-0.25, -0.2) is 0 Å². The molecule has 0 bridgehead atoms. The largest absolute Gasteiger partial charge is 0.487 e. The summed E-state index contributed by atoms with van der Waals surface area (Å²) in [6.45, 7) is 6.12. The molecule has 0 saturated heterocycles. The molecule has 0 aromatic heterocycles. The molecule has 3 aromatic carbocycles. The van der Waals surface area contributed by atoms with E-state index >= 15 is 0 Å². The lowest BCUT2D eigenvalue weighted by molar-refractivity contribution is 0.132. The third kappa shape index (κ3) is 4.36. The van der Waals surface area contributed by atoms with Crippen molar-refractivity contribution in [2.45, 2.75) is 26.4 Å². The molecule has 0 unspecified atom stereocenters.